The fraction of sp³-hybridized carbons (Fsp3) is 0.192. The van der Waals surface area contributed by atoms with Gasteiger partial charge in [-0.25, -0.2) is 4.98 Å². The van der Waals surface area contributed by atoms with E-state index in [0.717, 1.165) is 41.4 Å². The third-order valence-corrected chi connectivity index (χ3v) is 6.56. The van der Waals surface area contributed by atoms with Crippen LogP contribution in [0.1, 0.15) is 27.9 Å². The number of nitrogens with one attached hydrogen (secondary N) is 1. The molecule has 4 nitrogen and oxygen atoms in total. The lowest BCUT2D eigenvalue weighted by Crippen LogP contribution is -2.35. The average molecular weight is 391 g/mol. The highest BCUT2D eigenvalue weighted by Gasteiger charge is 2.51. The number of anilines is 1. The SMILES string of the molecule is O=C1Nc2ncccc2C12Cc1cc3ccc(CCc4ccccc4)nc3cc1C2. The first kappa shape index (κ1) is 17.3. The van der Waals surface area contributed by atoms with Crippen LogP contribution in [0.3, 0.4) is 0 Å². The van der Waals surface area contributed by atoms with E-state index in [0.29, 0.717) is 12.2 Å². The van der Waals surface area contributed by atoms with Crippen molar-refractivity contribution in [1.29, 1.82) is 0 Å². The molecule has 0 bridgehead atoms. The van der Waals surface area contributed by atoms with Crippen LogP contribution in [0.5, 0.6) is 0 Å². The summed E-state index contributed by atoms with van der Waals surface area (Å²) in [6.45, 7) is 0. The average Bonchev–Trinajstić information content (AvgIpc) is 3.28. The topological polar surface area (TPSA) is 54.9 Å². The Balaban J connectivity index is 1.33. The predicted octanol–water partition coefficient (Wildman–Crippen LogP) is 4.40. The monoisotopic (exact) mass is 391 g/mol. The van der Waals surface area contributed by atoms with E-state index in [1.54, 1.807) is 6.20 Å². The summed E-state index contributed by atoms with van der Waals surface area (Å²) < 4.78 is 0. The molecule has 0 saturated carbocycles. The molecule has 3 heterocycles. The lowest BCUT2D eigenvalue weighted by molar-refractivity contribution is -0.120. The minimum atomic E-state index is -0.528. The van der Waals surface area contributed by atoms with Crippen molar-refractivity contribution in [3.8, 4) is 0 Å². The molecule has 1 unspecified atom stereocenters. The Morgan fingerprint density at radius 2 is 1.73 bits per heavy atom. The number of aryl methyl sites for hydroxylation is 2. The molecule has 1 N–H and O–H groups in total. The summed E-state index contributed by atoms with van der Waals surface area (Å²) in [6.07, 6.45) is 5.06. The Bertz CT molecular complexity index is 1300. The summed E-state index contributed by atoms with van der Waals surface area (Å²) in [6, 6.07) is 23.2. The zero-order valence-corrected chi connectivity index (χ0v) is 16.6. The normalized spacial score (nSPS) is 19.1. The summed E-state index contributed by atoms with van der Waals surface area (Å²) in [5, 5.41) is 4.12. The Kier molecular flexibility index (Phi) is 3.75. The summed E-state index contributed by atoms with van der Waals surface area (Å²) in [5.74, 6) is 0.772. The Morgan fingerprint density at radius 3 is 2.60 bits per heavy atom. The number of aromatic nitrogens is 2. The van der Waals surface area contributed by atoms with Gasteiger partial charge in [0, 0.05) is 22.8 Å². The first-order chi connectivity index (χ1) is 14.7. The lowest BCUT2D eigenvalue weighted by Gasteiger charge is -2.20. The molecule has 0 saturated heterocycles. The van der Waals surface area contributed by atoms with Crippen molar-refractivity contribution in [3.63, 3.8) is 0 Å². The van der Waals surface area contributed by atoms with E-state index in [-0.39, 0.29) is 5.91 Å². The predicted molar refractivity (Wildman–Crippen MR) is 118 cm³/mol. The lowest BCUT2D eigenvalue weighted by atomic mass is 9.79. The number of fused-ring (bicyclic) bond motifs is 4. The number of nitrogens with zero attached hydrogens (tertiary/aromatic N) is 2. The molecular formula is C26H21N3O. The third-order valence-electron chi connectivity index (χ3n) is 6.56. The van der Waals surface area contributed by atoms with Gasteiger partial charge >= 0.3 is 0 Å². The zero-order valence-electron chi connectivity index (χ0n) is 16.6. The molecule has 4 heteroatoms. The van der Waals surface area contributed by atoms with Gasteiger partial charge in [0.05, 0.1) is 10.9 Å². The summed E-state index contributed by atoms with van der Waals surface area (Å²) in [5.41, 5.74) is 6.41. The molecule has 4 aromatic rings. The van der Waals surface area contributed by atoms with Crippen molar-refractivity contribution in [2.24, 2.45) is 0 Å². The van der Waals surface area contributed by atoms with E-state index in [1.165, 1.54) is 16.7 Å². The quantitative estimate of drug-likeness (QED) is 0.563. The van der Waals surface area contributed by atoms with E-state index >= 15 is 0 Å². The molecule has 2 aliphatic rings. The highest BCUT2D eigenvalue weighted by atomic mass is 16.2. The molecule has 0 radical (unpaired) electrons. The molecule has 30 heavy (non-hydrogen) atoms. The van der Waals surface area contributed by atoms with Gasteiger partial charge in [0.25, 0.3) is 0 Å². The van der Waals surface area contributed by atoms with Crippen LogP contribution >= 0.6 is 0 Å². The van der Waals surface area contributed by atoms with E-state index in [4.69, 9.17) is 4.98 Å². The van der Waals surface area contributed by atoms with Crippen LogP contribution in [0.4, 0.5) is 5.82 Å². The van der Waals surface area contributed by atoms with E-state index in [1.807, 2.05) is 18.2 Å². The number of amides is 1. The van der Waals surface area contributed by atoms with Gasteiger partial charge in [-0.15, -0.1) is 0 Å². The van der Waals surface area contributed by atoms with E-state index < -0.39 is 5.41 Å². The number of carbonyl (C=O) groups excluding carboxylic acids is 1. The second-order valence-corrected chi connectivity index (χ2v) is 8.39. The second-order valence-electron chi connectivity index (χ2n) is 8.39. The molecule has 1 atom stereocenters. The van der Waals surface area contributed by atoms with Crippen LogP contribution < -0.4 is 5.32 Å². The third kappa shape index (κ3) is 2.64. The van der Waals surface area contributed by atoms with Crippen molar-refractivity contribution >= 4 is 22.6 Å². The molecular weight excluding hydrogens is 370 g/mol. The summed E-state index contributed by atoms with van der Waals surface area (Å²) in [4.78, 5) is 22.2. The maximum Gasteiger partial charge on any atom is 0.237 e. The Labute approximate surface area is 175 Å². The van der Waals surface area contributed by atoms with Gasteiger partial charge in [-0.1, -0.05) is 42.5 Å². The maximum atomic E-state index is 12.9. The van der Waals surface area contributed by atoms with Crippen molar-refractivity contribution in [3.05, 3.63) is 101 Å². The molecule has 2 aromatic carbocycles. The number of hydrogen-bond acceptors (Lipinski definition) is 3. The molecule has 1 aliphatic carbocycles. The van der Waals surface area contributed by atoms with Crippen molar-refractivity contribution in [1.82, 2.24) is 9.97 Å². The van der Waals surface area contributed by atoms with Gasteiger partial charge in [0.1, 0.15) is 5.82 Å². The van der Waals surface area contributed by atoms with Crippen molar-refractivity contribution in [2.75, 3.05) is 5.32 Å². The van der Waals surface area contributed by atoms with E-state index in [2.05, 4.69) is 58.8 Å². The fourth-order valence-electron chi connectivity index (χ4n) is 4.99. The number of pyridine rings is 2. The van der Waals surface area contributed by atoms with Crippen LogP contribution in [0.25, 0.3) is 10.9 Å². The second kappa shape index (κ2) is 6.49. The van der Waals surface area contributed by atoms with E-state index in [9.17, 15) is 4.79 Å². The van der Waals surface area contributed by atoms with Gasteiger partial charge in [-0.2, -0.15) is 0 Å². The summed E-state index contributed by atoms with van der Waals surface area (Å²) in [7, 11) is 0. The largest absolute Gasteiger partial charge is 0.310 e. The van der Waals surface area contributed by atoms with Crippen LogP contribution in [-0.4, -0.2) is 15.9 Å². The molecule has 1 aliphatic heterocycles. The standard InChI is InChI=1S/C26H21N3O/c30-25-26(22-7-4-12-27-24(22)29-25)15-19-13-18-9-11-21(28-23(18)14-20(19)16-26)10-8-17-5-2-1-3-6-17/h1-7,9,11-14H,8,10,15-16H2,(H,27,29,30). The smallest absolute Gasteiger partial charge is 0.237 e. The highest BCUT2D eigenvalue weighted by Crippen LogP contribution is 2.47. The van der Waals surface area contributed by atoms with Gasteiger partial charge < -0.3 is 5.32 Å². The van der Waals surface area contributed by atoms with Gasteiger partial charge in [-0.3, -0.25) is 9.78 Å². The minimum absolute atomic E-state index is 0.0629. The first-order valence-corrected chi connectivity index (χ1v) is 10.4. The number of benzene rings is 2. The van der Waals surface area contributed by atoms with Gasteiger partial charge in [0.2, 0.25) is 5.91 Å². The van der Waals surface area contributed by atoms with Crippen molar-refractivity contribution in [2.45, 2.75) is 31.1 Å². The van der Waals surface area contributed by atoms with Gasteiger partial charge in [0.15, 0.2) is 0 Å². The molecule has 6 rings (SSSR count). The maximum absolute atomic E-state index is 12.9. The molecule has 0 fully saturated rings. The molecule has 1 spiro atoms. The molecule has 2 aromatic heterocycles. The molecule has 1 amide bonds. The highest BCUT2D eigenvalue weighted by molar-refractivity contribution is 6.06. The minimum Gasteiger partial charge on any atom is -0.310 e. The number of rotatable bonds is 3. The number of carbonyl (C=O) groups is 1. The van der Waals surface area contributed by atoms with Crippen LogP contribution in [-0.2, 0) is 35.9 Å². The zero-order chi connectivity index (χ0) is 20.1. The van der Waals surface area contributed by atoms with Crippen molar-refractivity contribution < 1.29 is 4.79 Å². The summed E-state index contributed by atoms with van der Waals surface area (Å²) >= 11 is 0. The number of hydrogen-bond donors (Lipinski definition) is 1. The Hall–Kier alpha value is -3.53. The fourth-order valence-corrected chi connectivity index (χ4v) is 4.99. The van der Waals surface area contributed by atoms with Crippen LogP contribution in [0.15, 0.2) is 72.9 Å². The Morgan fingerprint density at radius 1 is 0.900 bits per heavy atom. The van der Waals surface area contributed by atoms with Crippen LogP contribution in [0, 0.1) is 0 Å². The first-order valence-electron chi connectivity index (χ1n) is 10.4. The van der Waals surface area contributed by atoms with Gasteiger partial charge in [-0.05, 0) is 66.6 Å². The van der Waals surface area contributed by atoms with Crippen LogP contribution in [0.2, 0.25) is 0 Å². The molecule has 146 valence electrons.